The van der Waals surface area contributed by atoms with Gasteiger partial charge in [-0.05, 0) is 69.8 Å². The van der Waals surface area contributed by atoms with Crippen LogP contribution in [0, 0.1) is 0 Å². The van der Waals surface area contributed by atoms with E-state index < -0.39 is 0 Å². The topological polar surface area (TPSA) is 52.7 Å². The monoisotopic (exact) mass is 357 g/mol. The summed E-state index contributed by atoms with van der Waals surface area (Å²) >= 11 is 0. The van der Waals surface area contributed by atoms with E-state index in [0.29, 0.717) is 13.0 Å². The van der Waals surface area contributed by atoms with Gasteiger partial charge in [0.1, 0.15) is 0 Å². The number of piperidine rings is 1. The molecule has 1 aromatic rings. The van der Waals surface area contributed by atoms with Gasteiger partial charge in [-0.25, -0.2) is 0 Å². The molecule has 0 saturated carbocycles. The average Bonchev–Trinajstić information content (AvgIpc) is 3.15. The molecule has 0 aromatic heterocycles. The molecule has 0 spiro atoms. The van der Waals surface area contributed by atoms with Crippen LogP contribution >= 0.6 is 0 Å². The van der Waals surface area contributed by atoms with Crippen molar-refractivity contribution >= 4 is 11.8 Å². The van der Waals surface area contributed by atoms with Crippen molar-refractivity contribution < 1.29 is 9.59 Å². The maximum atomic E-state index is 13.1. The standard InChI is InChI=1S/C21H31N3O2/c1-2-22-20(25)15-19-10-3-4-13-24(19)21(26)18-9-7-8-17(14-18)16-23-11-5-6-12-23/h7-9,14,19H,2-6,10-13,15-16H2,1H3,(H,22,25)/t19-/m1/s1. The zero-order chi connectivity index (χ0) is 18.4. The summed E-state index contributed by atoms with van der Waals surface area (Å²) in [7, 11) is 0. The number of nitrogens with zero attached hydrogens (tertiary/aromatic N) is 2. The van der Waals surface area contributed by atoms with E-state index in [2.05, 4.69) is 16.3 Å². The first kappa shape index (κ1) is 18.9. The second kappa shape index (κ2) is 9.17. The molecule has 0 aliphatic carbocycles. The van der Waals surface area contributed by atoms with Gasteiger partial charge < -0.3 is 10.2 Å². The Balaban J connectivity index is 1.68. The molecule has 2 amide bonds. The molecule has 0 radical (unpaired) electrons. The molecule has 2 aliphatic heterocycles. The summed E-state index contributed by atoms with van der Waals surface area (Å²) in [6.07, 6.45) is 5.97. The number of likely N-dealkylation sites (tertiary alicyclic amines) is 2. The highest BCUT2D eigenvalue weighted by Gasteiger charge is 2.29. The molecule has 2 fully saturated rings. The minimum Gasteiger partial charge on any atom is -0.356 e. The second-order valence-corrected chi connectivity index (χ2v) is 7.49. The summed E-state index contributed by atoms with van der Waals surface area (Å²) in [4.78, 5) is 29.5. The number of benzene rings is 1. The zero-order valence-corrected chi connectivity index (χ0v) is 15.9. The Morgan fingerprint density at radius 2 is 1.88 bits per heavy atom. The summed E-state index contributed by atoms with van der Waals surface area (Å²) in [6.45, 7) is 6.53. The minimum absolute atomic E-state index is 0.0186. The van der Waals surface area contributed by atoms with Crippen LogP contribution < -0.4 is 5.32 Å². The fraction of sp³-hybridized carbons (Fsp3) is 0.619. The lowest BCUT2D eigenvalue weighted by atomic mass is 9.97. The lowest BCUT2D eigenvalue weighted by Crippen LogP contribution is -2.46. The van der Waals surface area contributed by atoms with Gasteiger partial charge in [0.05, 0.1) is 0 Å². The second-order valence-electron chi connectivity index (χ2n) is 7.49. The smallest absolute Gasteiger partial charge is 0.254 e. The molecule has 26 heavy (non-hydrogen) atoms. The van der Waals surface area contributed by atoms with Gasteiger partial charge >= 0.3 is 0 Å². The fourth-order valence-electron chi connectivity index (χ4n) is 4.13. The van der Waals surface area contributed by atoms with Crippen LogP contribution in [0.1, 0.15) is 61.4 Å². The molecule has 0 bridgehead atoms. The van der Waals surface area contributed by atoms with Crippen molar-refractivity contribution in [3.05, 3.63) is 35.4 Å². The van der Waals surface area contributed by atoms with E-state index in [1.807, 2.05) is 30.0 Å². The summed E-state index contributed by atoms with van der Waals surface area (Å²) in [5.74, 6) is 0.113. The Hall–Kier alpha value is -1.88. The molecule has 2 heterocycles. The van der Waals surface area contributed by atoms with Gasteiger partial charge in [-0.3, -0.25) is 14.5 Å². The third-order valence-corrected chi connectivity index (χ3v) is 5.46. The molecular formula is C21H31N3O2. The number of hydrogen-bond donors (Lipinski definition) is 1. The minimum atomic E-state index is 0.0186. The van der Waals surface area contributed by atoms with Crippen LogP contribution in [-0.2, 0) is 11.3 Å². The summed E-state index contributed by atoms with van der Waals surface area (Å²) < 4.78 is 0. The van der Waals surface area contributed by atoms with Crippen molar-refractivity contribution in [3.8, 4) is 0 Å². The Bertz CT molecular complexity index is 625. The SMILES string of the molecule is CCNC(=O)C[C@H]1CCCCN1C(=O)c1cccc(CN2CCCC2)c1. The highest BCUT2D eigenvalue weighted by molar-refractivity contribution is 5.95. The normalized spacial score (nSPS) is 21.0. The van der Waals surface area contributed by atoms with Crippen LogP contribution in [0.15, 0.2) is 24.3 Å². The number of nitrogens with one attached hydrogen (secondary N) is 1. The lowest BCUT2D eigenvalue weighted by Gasteiger charge is -2.35. The van der Waals surface area contributed by atoms with Crippen molar-refractivity contribution in [2.75, 3.05) is 26.2 Å². The molecule has 5 nitrogen and oxygen atoms in total. The molecule has 3 rings (SSSR count). The number of rotatable bonds is 6. The van der Waals surface area contributed by atoms with Crippen LogP contribution in [0.5, 0.6) is 0 Å². The first-order valence-electron chi connectivity index (χ1n) is 10.1. The van der Waals surface area contributed by atoms with Crippen LogP contribution in [-0.4, -0.2) is 53.8 Å². The van der Waals surface area contributed by atoms with E-state index >= 15 is 0 Å². The number of carbonyl (C=O) groups is 2. The van der Waals surface area contributed by atoms with Gasteiger partial charge in [0, 0.05) is 37.7 Å². The Morgan fingerprint density at radius 1 is 1.12 bits per heavy atom. The van der Waals surface area contributed by atoms with E-state index in [1.165, 1.54) is 18.4 Å². The molecule has 0 unspecified atom stereocenters. The Labute approximate surface area is 156 Å². The maximum absolute atomic E-state index is 13.1. The predicted molar refractivity (Wildman–Crippen MR) is 103 cm³/mol. The van der Waals surface area contributed by atoms with Crippen LogP contribution in [0.2, 0.25) is 0 Å². The molecule has 2 aliphatic rings. The van der Waals surface area contributed by atoms with Crippen LogP contribution in [0.25, 0.3) is 0 Å². The Morgan fingerprint density at radius 3 is 2.65 bits per heavy atom. The fourth-order valence-corrected chi connectivity index (χ4v) is 4.13. The van der Waals surface area contributed by atoms with E-state index in [9.17, 15) is 9.59 Å². The van der Waals surface area contributed by atoms with Gasteiger partial charge in [-0.1, -0.05) is 12.1 Å². The molecule has 1 aromatic carbocycles. The molecule has 5 heteroatoms. The van der Waals surface area contributed by atoms with Gasteiger partial charge in [0.25, 0.3) is 5.91 Å². The van der Waals surface area contributed by atoms with Crippen molar-refractivity contribution in [1.82, 2.24) is 15.1 Å². The third-order valence-electron chi connectivity index (χ3n) is 5.46. The first-order valence-corrected chi connectivity index (χ1v) is 10.1. The van der Waals surface area contributed by atoms with E-state index in [1.54, 1.807) is 0 Å². The summed E-state index contributed by atoms with van der Waals surface area (Å²) in [5.41, 5.74) is 1.96. The maximum Gasteiger partial charge on any atom is 0.254 e. The highest BCUT2D eigenvalue weighted by atomic mass is 16.2. The third kappa shape index (κ3) is 4.85. The number of carbonyl (C=O) groups excluding carboxylic acids is 2. The first-order chi connectivity index (χ1) is 12.7. The molecule has 2 saturated heterocycles. The summed E-state index contributed by atoms with van der Waals surface area (Å²) in [6, 6.07) is 8.07. The van der Waals surface area contributed by atoms with Crippen molar-refractivity contribution in [2.24, 2.45) is 0 Å². The van der Waals surface area contributed by atoms with Gasteiger partial charge in [-0.2, -0.15) is 0 Å². The molecular weight excluding hydrogens is 326 g/mol. The predicted octanol–water partition coefficient (Wildman–Crippen LogP) is 2.80. The molecule has 1 N–H and O–H groups in total. The Kier molecular flexibility index (Phi) is 6.67. The number of hydrogen-bond acceptors (Lipinski definition) is 3. The van der Waals surface area contributed by atoms with Gasteiger partial charge in [0.15, 0.2) is 0 Å². The van der Waals surface area contributed by atoms with Crippen LogP contribution in [0.4, 0.5) is 0 Å². The quantitative estimate of drug-likeness (QED) is 0.852. The largest absolute Gasteiger partial charge is 0.356 e. The van der Waals surface area contributed by atoms with Gasteiger partial charge in [0.2, 0.25) is 5.91 Å². The molecule has 142 valence electrons. The van der Waals surface area contributed by atoms with Gasteiger partial charge in [-0.15, -0.1) is 0 Å². The van der Waals surface area contributed by atoms with Crippen molar-refractivity contribution in [1.29, 1.82) is 0 Å². The van der Waals surface area contributed by atoms with E-state index in [0.717, 1.165) is 51.0 Å². The summed E-state index contributed by atoms with van der Waals surface area (Å²) in [5, 5.41) is 2.86. The number of amides is 2. The van der Waals surface area contributed by atoms with Crippen molar-refractivity contribution in [2.45, 2.75) is 58.0 Å². The zero-order valence-electron chi connectivity index (χ0n) is 15.9. The van der Waals surface area contributed by atoms with Crippen LogP contribution in [0.3, 0.4) is 0 Å². The van der Waals surface area contributed by atoms with E-state index in [4.69, 9.17) is 0 Å². The van der Waals surface area contributed by atoms with E-state index in [-0.39, 0.29) is 17.9 Å². The molecule has 1 atom stereocenters. The van der Waals surface area contributed by atoms with Crippen molar-refractivity contribution in [3.63, 3.8) is 0 Å². The average molecular weight is 357 g/mol. The lowest BCUT2D eigenvalue weighted by molar-refractivity contribution is -0.122. The highest BCUT2D eigenvalue weighted by Crippen LogP contribution is 2.23.